The van der Waals surface area contributed by atoms with Crippen molar-refractivity contribution in [3.05, 3.63) is 0 Å². The molecule has 0 radical (unpaired) electrons. The molecule has 2 amide bonds. The average molecular weight is 513 g/mol. The molecule has 36 heavy (non-hydrogen) atoms. The van der Waals surface area contributed by atoms with Crippen molar-refractivity contribution in [1.82, 2.24) is 20.4 Å². The van der Waals surface area contributed by atoms with E-state index in [9.17, 15) is 9.59 Å². The van der Waals surface area contributed by atoms with Gasteiger partial charge in [0.25, 0.3) is 0 Å². The summed E-state index contributed by atoms with van der Waals surface area (Å²) in [6, 6.07) is 0. The molecule has 12 heteroatoms. The molecule has 4 fully saturated rings. The van der Waals surface area contributed by atoms with Crippen molar-refractivity contribution in [2.24, 2.45) is 0 Å². The molecule has 0 aromatic carbocycles. The summed E-state index contributed by atoms with van der Waals surface area (Å²) in [5.74, 6) is -4.37. The fourth-order valence-corrected chi connectivity index (χ4v) is 4.36. The molecule has 0 aromatic heterocycles. The SMILES string of the molecule is CC(C)(C)OC(=O)N1CCC2(CCN2)C1.CC(C)(C)OC(=O)N1CCC2(CCN2)C1.O=C([O-])C(=O)[O-]. The van der Waals surface area contributed by atoms with Crippen LogP contribution in [-0.2, 0) is 19.1 Å². The van der Waals surface area contributed by atoms with Gasteiger partial charge < -0.3 is 49.7 Å². The normalized spacial score (nSPS) is 26.6. The number of aliphatic carboxylic acids is 2. The van der Waals surface area contributed by atoms with Crippen molar-refractivity contribution in [2.45, 2.75) is 89.5 Å². The molecule has 0 aromatic rings. The Bertz CT molecular complexity index is 757. The highest BCUT2D eigenvalue weighted by atomic mass is 16.6. The summed E-state index contributed by atoms with van der Waals surface area (Å²) < 4.78 is 10.7. The first-order chi connectivity index (χ1) is 16.4. The Hall–Kier alpha value is -2.60. The van der Waals surface area contributed by atoms with E-state index in [-0.39, 0.29) is 34.5 Å². The van der Waals surface area contributed by atoms with E-state index in [1.54, 1.807) is 0 Å². The minimum atomic E-state index is -2.19. The topological polar surface area (TPSA) is 163 Å². The average Bonchev–Trinajstić information content (AvgIpc) is 3.32. The Kier molecular flexibility index (Phi) is 9.22. The van der Waals surface area contributed by atoms with Crippen molar-refractivity contribution >= 4 is 24.1 Å². The van der Waals surface area contributed by atoms with Crippen LogP contribution in [0, 0.1) is 0 Å². The van der Waals surface area contributed by atoms with Crippen LogP contribution in [0.2, 0.25) is 0 Å². The summed E-state index contributed by atoms with van der Waals surface area (Å²) in [5.41, 5.74) is -0.340. The second kappa shape index (κ2) is 11.2. The van der Waals surface area contributed by atoms with Gasteiger partial charge in [-0.25, -0.2) is 9.59 Å². The molecular weight excluding hydrogens is 472 g/mol. The Morgan fingerprint density at radius 1 is 0.667 bits per heavy atom. The molecule has 12 nitrogen and oxygen atoms in total. The predicted octanol–water partition coefficient (Wildman–Crippen LogP) is -0.795. The minimum absolute atomic E-state index is 0.173. The lowest BCUT2D eigenvalue weighted by atomic mass is 9.87. The molecule has 206 valence electrons. The fraction of sp³-hybridized carbons (Fsp3) is 0.833. The fourth-order valence-electron chi connectivity index (χ4n) is 4.36. The van der Waals surface area contributed by atoms with Gasteiger partial charge in [0.15, 0.2) is 0 Å². The van der Waals surface area contributed by atoms with Crippen LogP contribution < -0.4 is 20.8 Å². The van der Waals surface area contributed by atoms with Crippen molar-refractivity contribution < 1.29 is 38.9 Å². The summed E-state index contributed by atoms with van der Waals surface area (Å²) in [5, 5.41) is 24.7. The van der Waals surface area contributed by atoms with Gasteiger partial charge in [-0.05, 0) is 80.3 Å². The number of hydrogen-bond acceptors (Lipinski definition) is 10. The van der Waals surface area contributed by atoms with Crippen LogP contribution in [0.15, 0.2) is 0 Å². The van der Waals surface area contributed by atoms with E-state index in [4.69, 9.17) is 29.3 Å². The second-order valence-electron chi connectivity index (χ2n) is 11.8. The molecular formula is C24H40N4O8-2. The van der Waals surface area contributed by atoms with E-state index in [0.717, 1.165) is 52.1 Å². The Labute approximate surface area is 212 Å². The Balaban J connectivity index is 0.000000208. The minimum Gasteiger partial charge on any atom is -0.543 e. The highest BCUT2D eigenvalue weighted by Gasteiger charge is 2.45. The quantitative estimate of drug-likeness (QED) is 0.393. The van der Waals surface area contributed by atoms with E-state index >= 15 is 0 Å². The van der Waals surface area contributed by atoms with Crippen LogP contribution >= 0.6 is 0 Å². The number of nitrogens with one attached hydrogen (secondary N) is 2. The number of amides is 2. The van der Waals surface area contributed by atoms with Crippen molar-refractivity contribution in [2.75, 3.05) is 39.3 Å². The first-order valence-electron chi connectivity index (χ1n) is 12.3. The van der Waals surface area contributed by atoms with Crippen LogP contribution in [0.25, 0.3) is 0 Å². The first kappa shape index (κ1) is 29.6. The summed E-state index contributed by atoms with van der Waals surface area (Å²) in [7, 11) is 0. The number of ether oxygens (including phenoxy) is 2. The van der Waals surface area contributed by atoms with Crippen molar-refractivity contribution in [3.8, 4) is 0 Å². The number of nitrogens with zero attached hydrogens (tertiary/aromatic N) is 2. The Morgan fingerprint density at radius 2 is 0.972 bits per heavy atom. The first-order valence-corrected chi connectivity index (χ1v) is 12.3. The number of carbonyl (C=O) groups excluding carboxylic acids is 4. The zero-order valence-electron chi connectivity index (χ0n) is 22.2. The largest absolute Gasteiger partial charge is 0.543 e. The van der Waals surface area contributed by atoms with E-state index in [0.29, 0.717) is 0 Å². The standard InChI is InChI=1S/2C11H20N2O2.C2H2O4/c2*1-10(2,3)15-9(14)13-7-5-11(8-13)4-6-12-11;3-1(4)2(5)6/h2*12H,4-8H2,1-3H3;(H,3,4)(H,5,6)/p-2. The number of hydrogen-bond donors (Lipinski definition) is 2. The van der Waals surface area contributed by atoms with Crippen molar-refractivity contribution in [1.29, 1.82) is 0 Å². The maximum atomic E-state index is 11.8. The highest BCUT2D eigenvalue weighted by Crippen LogP contribution is 2.31. The van der Waals surface area contributed by atoms with Gasteiger partial charge in [0.2, 0.25) is 0 Å². The molecule has 2 unspecified atom stereocenters. The van der Waals surface area contributed by atoms with Crippen LogP contribution in [0.5, 0.6) is 0 Å². The van der Waals surface area contributed by atoms with Crippen LogP contribution in [0.4, 0.5) is 9.59 Å². The maximum absolute atomic E-state index is 11.8. The third-order valence-electron chi connectivity index (χ3n) is 6.38. The van der Waals surface area contributed by atoms with E-state index < -0.39 is 11.9 Å². The van der Waals surface area contributed by atoms with Crippen LogP contribution in [0.3, 0.4) is 0 Å². The van der Waals surface area contributed by atoms with Crippen LogP contribution in [-0.4, -0.2) is 95.5 Å². The molecule has 2 spiro atoms. The number of carbonyl (C=O) groups is 4. The molecule has 2 N–H and O–H groups in total. The molecule has 0 saturated carbocycles. The van der Waals surface area contributed by atoms with Crippen molar-refractivity contribution in [3.63, 3.8) is 0 Å². The third kappa shape index (κ3) is 8.81. The zero-order valence-corrected chi connectivity index (χ0v) is 22.2. The summed E-state index contributed by atoms with van der Waals surface area (Å²) >= 11 is 0. The molecule has 4 aliphatic heterocycles. The lowest BCUT2D eigenvalue weighted by molar-refractivity contribution is -0.345. The van der Waals surface area contributed by atoms with Gasteiger partial charge in [0.05, 0.1) is 11.9 Å². The molecule has 4 heterocycles. The van der Waals surface area contributed by atoms with Gasteiger partial charge in [0, 0.05) is 37.3 Å². The summed E-state index contributed by atoms with van der Waals surface area (Å²) in [6.45, 7) is 16.8. The number of likely N-dealkylation sites (tertiary alicyclic amines) is 2. The van der Waals surface area contributed by atoms with Gasteiger partial charge in [-0.15, -0.1) is 0 Å². The highest BCUT2D eigenvalue weighted by molar-refractivity contribution is 6.25. The number of carboxylic acid groups (broad SMARTS) is 2. The molecule has 0 bridgehead atoms. The Morgan fingerprint density at radius 3 is 1.14 bits per heavy atom. The van der Waals surface area contributed by atoms with Gasteiger partial charge in [-0.1, -0.05) is 0 Å². The predicted molar refractivity (Wildman–Crippen MR) is 126 cm³/mol. The van der Waals surface area contributed by atoms with Gasteiger partial charge in [-0.3, -0.25) is 0 Å². The molecule has 4 aliphatic rings. The number of carboxylic acids is 2. The van der Waals surface area contributed by atoms with Gasteiger partial charge in [-0.2, -0.15) is 0 Å². The molecule has 0 aliphatic carbocycles. The van der Waals surface area contributed by atoms with E-state index in [2.05, 4.69) is 10.6 Å². The third-order valence-corrected chi connectivity index (χ3v) is 6.38. The van der Waals surface area contributed by atoms with Gasteiger partial charge in [0.1, 0.15) is 11.2 Å². The molecule has 4 rings (SSSR count). The monoisotopic (exact) mass is 512 g/mol. The smallest absolute Gasteiger partial charge is 0.410 e. The summed E-state index contributed by atoms with van der Waals surface area (Å²) in [4.78, 5) is 45.0. The van der Waals surface area contributed by atoms with E-state index in [1.807, 2.05) is 51.3 Å². The maximum Gasteiger partial charge on any atom is 0.410 e. The lowest BCUT2D eigenvalue weighted by Gasteiger charge is -2.39. The molecule has 2 atom stereocenters. The van der Waals surface area contributed by atoms with Gasteiger partial charge >= 0.3 is 12.2 Å². The number of rotatable bonds is 0. The lowest BCUT2D eigenvalue weighted by Crippen LogP contribution is -2.58. The van der Waals surface area contributed by atoms with Crippen LogP contribution in [0.1, 0.15) is 67.2 Å². The second-order valence-corrected chi connectivity index (χ2v) is 11.8. The summed E-state index contributed by atoms with van der Waals surface area (Å²) in [6.07, 6.45) is 4.15. The van der Waals surface area contributed by atoms with E-state index in [1.165, 1.54) is 12.8 Å². The molecule has 4 saturated heterocycles. The zero-order chi connectivity index (χ0) is 27.4.